The van der Waals surface area contributed by atoms with Crippen molar-refractivity contribution in [1.82, 2.24) is 20.1 Å². The lowest BCUT2D eigenvalue weighted by molar-refractivity contribution is -0.132. The number of hydrogen-bond acceptors (Lipinski definition) is 9. The molecule has 2 aliphatic rings. The van der Waals surface area contributed by atoms with Gasteiger partial charge in [0.15, 0.2) is 0 Å². The second-order valence-corrected chi connectivity index (χ2v) is 16.0. The molecule has 60 heavy (non-hydrogen) atoms. The number of benzene rings is 4. The van der Waals surface area contributed by atoms with Crippen molar-refractivity contribution in [1.29, 1.82) is 0 Å². The van der Waals surface area contributed by atoms with Crippen molar-refractivity contribution in [2.45, 2.75) is 51.2 Å². The molecule has 5 N–H and O–H groups in total. The van der Waals surface area contributed by atoms with Gasteiger partial charge in [-0.3, -0.25) is 14.9 Å². The lowest BCUT2D eigenvalue weighted by atomic mass is 10.0. The third-order valence-electron chi connectivity index (χ3n) is 11.9. The van der Waals surface area contributed by atoms with Crippen LogP contribution in [0.25, 0.3) is 22.0 Å². The van der Waals surface area contributed by atoms with Gasteiger partial charge in [-0.05, 0) is 84.9 Å². The summed E-state index contributed by atoms with van der Waals surface area (Å²) in [5.41, 5.74) is 5.86. The normalized spacial score (nSPS) is 18.0. The van der Waals surface area contributed by atoms with Gasteiger partial charge in [-0.1, -0.05) is 78.9 Å². The third-order valence-corrected chi connectivity index (χ3v) is 11.9. The molecule has 316 valence electrons. The molecule has 1 saturated heterocycles. The summed E-state index contributed by atoms with van der Waals surface area (Å²) in [6.07, 6.45) is 2.60. The van der Waals surface area contributed by atoms with E-state index in [4.69, 9.17) is 9.47 Å². The van der Waals surface area contributed by atoms with Crippen LogP contribution in [0.5, 0.6) is 5.75 Å². The number of pyridine rings is 1. The van der Waals surface area contributed by atoms with E-state index in [0.29, 0.717) is 67.6 Å². The van der Waals surface area contributed by atoms with E-state index in [9.17, 15) is 24.6 Å². The Bertz CT molecular complexity index is 2230. The predicted molar refractivity (Wildman–Crippen MR) is 234 cm³/mol. The van der Waals surface area contributed by atoms with Crippen molar-refractivity contribution in [3.05, 3.63) is 130 Å². The van der Waals surface area contributed by atoms with Crippen LogP contribution < -0.4 is 16.2 Å². The van der Waals surface area contributed by atoms with Crippen LogP contribution >= 0.6 is 0 Å². The zero-order chi connectivity index (χ0) is 41.8. The van der Waals surface area contributed by atoms with Gasteiger partial charge >= 0.3 is 6.09 Å². The molecule has 0 bridgehead atoms. The second-order valence-electron chi connectivity index (χ2n) is 16.0. The number of aliphatic hydroxyl groups excluding tert-OH is 1. The summed E-state index contributed by atoms with van der Waals surface area (Å²) in [6.45, 7) is 7.78. The Hall–Kier alpha value is -5.53. The van der Waals surface area contributed by atoms with Crippen LogP contribution in [0, 0.1) is 11.8 Å². The number of anilines is 1. The van der Waals surface area contributed by atoms with E-state index in [1.807, 2.05) is 61.5 Å². The van der Waals surface area contributed by atoms with Crippen LogP contribution in [0.15, 0.2) is 108 Å². The number of likely N-dealkylation sites (tertiary alicyclic amines) is 1. The van der Waals surface area contributed by atoms with Crippen LogP contribution in [0.3, 0.4) is 0 Å². The number of carbonyl (C=O) groups is 2. The number of ether oxygens (including phenoxy) is 2. The number of hydrogen-bond donors (Lipinski definition) is 5. The minimum absolute atomic E-state index is 0.0245. The monoisotopic (exact) mass is 815 g/mol. The zero-order valence-electron chi connectivity index (χ0n) is 34.4. The van der Waals surface area contributed by atoms with Crippen LogP contribution in [0.4, 0.5) is 10.5 Å². The number of nitrogens with zero attached hydrogens (tertiary/aromatic N) is 2. The number of fused-ring (bicyclic) bond motifs is 2. The highest BCUT2D eigenvalue weighted by Gasteiger charge is 2.42. The topological polar surface area (TPSA) is 156 Å². The number of nitrogens with one attached hydrogen (secondary N) is 3. The van der Waals surface area contributed by atoms with Crippen molar-refractivity contribution < 1.29 is 29.3 Å². The highest BCUT2D eigenvalue weighted by Crippen LogP contribution is 2.40. The van der Waals surface area contributed by atoms with Crippen molar-refractivity contribution >= 4 is 28.6 Å². The van der Waals surface area contributed by atoms with E-state index in [1.54, 1.807) is 17.0 Å². The number of rotatable bonds is 19. The number of phenols is 1. The number of aromatic hydroxyl groups is 1. The lowest BCUT2D eigenvalue weighted by Crippen LogP contribution is -2.38. The predicted octanol–water partition coefficient (Wildman–Crippen LogP) is 6.52. The Morgan fingerprint density at radius 1 is 0.883 bits per heavy atom. The number of aromatic nitrogens is 1. The van der Waals surface area contributed by atoms with Gasteiger partial charge in [0, 0.05) is 62.8 Å². The van der Waals surface area contributed by atoms with E-state index >= 15 is 0 Å². The largest absolute Gasteiger partial charge is 0.506 e. The fraction of sp³-hybridized carbons (Fsp3) is 0.396. The summed E-state index contributed by atoms with van der Waals surface area (Å²) in [5.74, 6) is 1.08. The first-order valence-corrected chi connectivity index (χ1v) is 21.3. The number of aliphatic hydroxyl groups is 1. The summed E-state index contributed by atoms with van der Waals surface area (Å²) < 4.78 is 11.8. The maximum Gasteiger partial charge on any atom is 0.411 e. The number of H-pyrrole nitrogens is 1. The molecule has 1 aliphatic heterocycles. The minimum atomic E-state index is -0.861. The summed E-state index contributed by atoms with van der Waals surface area (Å²) >= 11 is 0. The molecule has 2 heterocycles. The molecule has 1 saturated carbocycles. The average Bonchev–Trinajstić information content (AvgIpc) is 3.82. The number of carbonyl (C=O) groups excluding carboxylic acids is 2. The Labute approximate surface area is 351 Å². The van der Waals surface area contributed by atoms with Crippen LogP contribution in [0.1, 0.15) is 49.0 Å². The Balaban J connectivity index is 0.740. The molecule has 1 aromatic heterocycles. The van der Waals surface area contributed by atoms with E-state index in [0.717, 1.165) is 62.1 Å². The molecule has 1 aliphatic carbocycles. The first-order valence-electron chi connectivity index (χ1n) is 21.3. The quantitative estimate of drug-likeness (QED) is 0.0586. The Morgan fingerprint density at radius 2 is 1.60 bits per heavy atom. The molecule has 0 radical (unpaired) electrons. The van der Waals surface area contributed by atoms with E-state index < -0.39 is 6.10 Å². The number of amides is 2. The average molecular weight is 816 g/mol. The van der Waals surface area contributed by atoms with Gasteiger partial charge in [0.05, 0.1) is 36.9 Å². The fourth-order valence-corrected chi connectivity index (χ4v) is 8.71. The molecule has 4 atom stereocenters. The van der Waals surface area contributed by atoms with Crippen LogP contribution in [0.2, 0.25) is 0 Å². The summed E-state index contributed by atoms with van der Waals surface area (Å²) in [7, 11) is 0. The number of aromatic amines is 1. The van der Waals surface area contributed by atoms with Crippen molar-refractivity contribution in [2.24, 2.45) is 11.8 Å². The lowest BCUT2D eigenvalue weighted by Gasteiger charge is -2.22. The van der Waals surface area contributed by atoms with Crippen LogP contribution in [-0.2, 0) is 27.1 Å². The maximum atomic E-state index is 12.9. The molecular formula is C48H57N5O7. The number of likely N-dealkylation sites (N-methyl/N-ethyl adjacent to an activating group) is 1. The van der Waals surface area contributed by atoms with Crippen molar-refractivity contribution in [3.63, 3.8) is 0 Å². The van der Waals surface area contributed by atoms with Gasteiger partial charge < -0.3 is 39.8 Å². The summed E-state index contributed by atoms with van der Waals surface area (Å²) in [5, 5.41) is 27.7. The second kappa shape index (κ2) is 20.6. The molecule has 5 aromatic rings. The van der Waals surface area contributed by atoms with E-state index in [1.165, 1.54) is 23.3 Å². The van der Waals surface area contributed by atoms with Crippen molar-refractivity contribution in [2.75, 3.05) is 64.3 Å². The summed E-state index contributed by atoms with van der Waals surface area (Å²) in [4.78, 5) is 44.4. The maximum absolute atomic E-state index is 12.9. The standard InChI is InChI=1S/C48H57N5O7/c1-2-53(25-23-49-30-44(55)40-16-18-43(54)47-41(40)17-19-45(56)51-47)46(57)22-27-59-26-21-34-14-12-33(13-15-34)20-24-52-31-36-28-38(29-37(36)32-52)60-48(58)50-42-11-7-6-10-39(42)35-8-4-3-5-9-35/h3-19,36-38,44,49,54-55H,2,20-32H2,1H3,(H,50,58)(H,51,56)/t36-,37?,38+,44+/m1/s1. The Morgan fingerprint density at radius 3 is 2.35 bits per heavy atom. The van der Waals surface area contributed by atoms with E-state index in [2.05, 4.69) is 44.8 Å². The molecule has 12 heteroatoms. The molecule has 0 spiro atoms. The zero-order valence-corrected chi connectivity index (χ0v) is 34.4. The molecule has 4 aromatic carbocycles. The summed E-state index contributed by atoms with van der Waals surface area (Å²) in [6, 6.07) is 32.7. The van der Waals surface area contributed by atoms with Gasteiger partial charge in [-0.2, -0.15) is 0 Å². The minimum Gasteiger partial charge on any atom is -0.506 e. The third kappa shape index (κ3) is 11.2. The smallest absolute Gasteiger partial charge is 0.411 e. The van der Waals surface area contributed by atoms with Gasteiger partial charge in [-0.25, -0.2) is 4.79 Å². The van der Waals surface area contributed by atoms with Crippen LogP contribution in [-0.4, -0.2) is 102 Å². The van der Waals surface area contributed by atoms with E-state index in [-0.39, 0.29) is 36.0 Å². The molecule has 2 amide bonds. The van der Waals surface area contributed by atoms with Crippen molar-refractivity contribution in [3.8, 4) is 16.9 Å². The highest BCUT2D eigenvalue weighted by molar-refractivity contribution is 5.91. The number of phenolic OH excluding ortho intramolecular Hbond substituents is 1. The molecule has 12 nitrogen and oxygen atoms in total. The van der Waals surface area contributed by atoms with Gasteiger partial charge in [-0.15, -0.1) is 0 Å². The number of para-hydroxylation sites is 1. The molecule has 2 fully saturated rings. The Kier molecular flexibility index (Phi) is 14.6. The first-order chi connectivity index (χ1) is 29.2. The SMILES string of the molecule is CCN(CCNC[C@H](O)c1ccc(O)c2[nH]c(=O)ccc12)C(=O)CCOCCc1ccc(CCN2CC3C[C@@H](OC(=O)Nc4ccccc4-c4ccccc4)C[C@@H]3C2)cc1. The van der Waals surface area contributed by atoms with Gasteiger partial charge in [0.2, 0.25) is 11.5 Å². The molecule has 1 unspecified atom stereocenters. The molecular weight excluding hydrogens is 759 g/mol. The first kappa shape index (κ1) is 42.6. The molecule has 7 rings (SSSR count). The fourth-order valence-electron chi connectivity index (χ4n) is 8.71. The van der Waals surface area contributed by atoms with Gasteiger partial charge in [0.1, 0.15) is 11.9 Å². The highest BCUT2D eigenvalue weighted by atomic mass is 16.6. The van der Waals surface area contributed by atoms with Gasteiger partial charge in [0.25, 0.3) is 0 Å².